The van der Waals surface area contributed by atoms with Crippen molar-refractivity contribution >= 4 is 0 Å². The third-order valence-electron chi connectivity index (χ3n) is 2.80. The maximum absolute atomic E-state index is 4.22. The molecule has 0 saturated carbocycles. The zero-order valence-electron chi connectivity index (χ0n) is 8.96. The lowest BCUT2D eigenvalue weighted by atomic mass is 10.2. The minimum atomic E-state index is 0.254. The van der Waals surface area contributed by atoms with E-state index in [9.17, 15) is 0 Å². The van der Waals surface area contributed by atoms with Crippen molar-refractivity contribution in [3.8, 4) is 11.4 Å². The molecule has 6 heteroatoms. The summed E-state index contributed by atoms with van der Waals surface area (Å²) in [4.78, 5) is 0. The van der Waals surface area contributed by atoms with Crippen LogP contribution in [0.3, 0.4) is 0 Å². The molecule has 1 N–H and O–H groups in total. The molecule has 82 valence electrons. The Kier molecular flexibility index (Phi) is 2.14. The number of hydrogen-bond donors (Lipinski definition) is 1. The van der Waals surface area contributed by atoms with Crippen molar-refractivity contribution in [3.05, 3.63) is 24.3 Å². The SMILES string of the molecule is CC1NCCn2c(-c3ccnnc3)nnc21. The first-order chi connectivity index (χ1) is 7.86. The first-order valence-electron chi connectivity index (χ1n) is 5.30. The Labute approximate surface area is 92.7 Å². The van der Waals surface area contributed by atoms with E-state index in [4.69, 9.17) is 0 Å². The number of aromatic nitrogens is 5. The van der Waals surface area contributed by atoms with Gasteiger partial charge in [-0.1, -0.05) is 0 Å². The molecule has 0 radical (unpaired) electrons. The summed E-state index contributed by atoms with van der Waals surface area (Å²) < 4.78 is 2.14. The topological polar surface area (TPSA) is 68.5 Å². The van der Waals surface area contributed by atoms with Crippen LogP contribution in [0.2, 0.25) is 0 Å². The van der Waals surface area contributed by atoms with E-state index in [1.807, 2.05) is 6.07 Å². The minimum absolute atomic E-state index is 0.254. The predicted octanol–water partition coefficient (Wildman–Crippen LogP) is 0.399. The van der Waals surface area contributed by atoms with Gasteiger partial charge in [-0.15, -0.1) is 10.2 Å². The summed E-state index contributed by atoms with van der Waals surface area (Å²) in [6.07, 6.45) is 3.38. The number of nitrogens with zero attached hydrogens (tertiary/aromatic N) is 5. The van der Waals surface area contributed by atoms with Crippen LogP contribution in [0.25, 0.3) is 11.4 Å². The second-order valence-corrected chi connectivity index (χ2v) is 3.84. The maximum Gasteiger partial charge on any atom is 0.165 e. The van der Waals surface area contributed by atoms with E-state index >= 15 is 0 Å². The van der Waals surface area contributed by atoms with Crippen molar-refractivity contribution in [2.75, 3.05) is 6.54 Å². The largest absolute Gasteiger partial charge is 0.308 e. The van der Waals surface area contributed by atoms with Crippen molar-refractivity contribution in [1.29, 1.82) is 0 Å². The summed E-state index contributed by atoms with van der Waals surface area (Å²) in [5.74, 6) is 1.86. The van der Waals surface area contributed by atoms with Gasteiger partial charge in [0.25, 0.3) is 0 Å². The number of hydrogen-bond acceptors (Lipinski definition) is 5. The molecule has 1 aliphatic rings. The standard InChI is InChI=1S/C10H12N6/c1-7-9-14-15-10(16(9)5-4-11-7)8-2-3-12-13-6-8/h2-3,6-7,11H,4-5H2,1H3. The van der Waals surface area contributed by atoms with E-state index < -0.39 is 0 Å². The molecule has 3 heterocycles. The van der Waals surface area contributed by atoms with Crippen LogP contribution in [0.15, 0.2) is 18.5 Å². The molecule has 0 saturated heterocycles. The highest BCUT2D eigenvalue weighted by molar-refractivity contribution is 5.53. The van der Waals surface area contributed by atoms with Crippen molar-refractivity contribution in [3.63, 3.8) is 0 Å². The second kappa shape index (κ2) is 3.64. The molecule has 1 aliphatic heterocycles. The van der Waals surface area contributed by atoms with Gasteiger partial charge < -0.3 is 9.88 Å². The summed E-state index contributed by atoms with van der Waals surface area (Å²) in [6.45, 7) is 3.93. The molecule has 0 aromatic carbocycles. The molecule has 0 bridgehead atoms. The highest BCUT2D eigenvalue weighted by Gasteiger charge is 2.21. The Morgan fingerprint density at radius 3 is 3.12 bits per heavy atom. The molecule has 2 aromatic heterocycles. The first-order valence-corrected chi connectivity index (χ1v) is 5.30. The van der Waals surface area contributed by atoms with Crippen LogP contribution in [0, 0.1) is 0 Å². The van der Waals surface area contributed by atoms with Crippen LogP contribution in [0.4, 0.5) is 0 Å². The summed E-state index contributed by atoms with van der Waals surface area (Å²) in [6, 6.07) is 2.15. The lowest BCUT2D eigenvalue weighted by molar-refractivity contribution is 0.439. The van der Waals surface area contributed by atoms with Crippen LogP contribution in [0.1, 0.15) is 18.8 Å². The maximum atomic E-state index is 4.22. The van der Waals surface area contributed by atoms with Gasteiger partial charge in [-0.2, -0.15) is 10.2 Å². The van der Waals surface area contributed by atoms with Crippen molar-refractivity contribution < 1.29 is 0 Å². The summed E-state index contributed by atoms with van der Waals surface area (Å²) >= 11 is 0. The van der Waals surface area contributed by atoms with Gasteiger partial charge in [0, 0.05) is 18.7 Å². The lowest BCUT2D eigenvalue weighted by Gasteiger charge is -2.21. The Balaban J connectivity index is 2.10. The van der Waals surface area contributed by atoms with Crippen molar-refractivity contribution in [2.24, 2.45) is 0 Å². The lowest BCUT2D eigenvalue weighted by Crippen LogP contribution is -2.32. The van der Waals surface area contributed by atoms with Crippen LogP contribution < -0.4 is 5.32 Å². The Hall–Kier alpha value is -1.82. The number of rotatable bonds is 1. The molecule has 2 aromatic rings. The third-order valence-corrected chi connectivity index (χ3v) is 2.80. The van der Waals surface area contributed by atoms with Gasteiger partial charge in [-0.25, -0.2) is 0 Å². The fourth-order valence-electron chi connectivity index (χ4n) is 1.98. The van der Waals surface area contributed by atoms with Gasteiger partial charge >= 0.3 is 0 Å². The monoisotopic (exact) mass is 216 g/mol. The van der Waals surface area contributed by atoms with E-state index in [-0.39, 0.29) is 6.04 Å². The molecule has 1 unspecified atom stereocenters. The van der Waals surface area contributed by atoms with Crippen molar-refractivity contribution in [1.82, 2.24) is 30.3 Å². The van der Waals surface area contributed by atoms with E-state index in [0.717, 1.165) is 30.3 Å². The minimum Gasteiger partial charge on any atom is -0.308 e. The molecular weight excluding hydrogens is 204 g/mol. The average molecular weight is 216 g/mol. The summed E-state index contributed by atoms with van der Waals surface area (Å²) in [7, 11) is 0. The van der Waals surface area contributed by atoms with Crippen LogP contribution in [-0.4, -0.2) is 31.5 Å². The normalized spacial score (nSPS) is 19.4. The number of fused-ring (bicyclic) bond motifs is 1. The first kappa shape index (κ1) is 9.41. The summed E-state index contributed by atoms with van der Waals surface area (Å²) in [5.41, 5.74) is 0.961. The fourth-order valence-corrected chi connectivity index (χ4v) is 1.98. The second-order valence-electron chi connectivity index (χ2n) is 3.84. The zero-order chi connectivity index (χ0) is 11.0. The zero-order valence-corrected chi connectivity index (χ0v) is 8.96. The molecule has 0 aliphatic carbocycles. The molecule has 3 rings (SSSR count). The van der Waals surface area contributed by atoms with Crippen molar-refractivity contribution in [2.45, 2.75) is 19.5 Å². The van der Waals surface area contributed by atoms with E-state index in [1.165, 1.54) is 0 Å². The Morgan fingerprint density at radius 1 is 1.38 bits per heavy atom. The smallest absolute Gasteiger partial charge is 0.165 e. The third kappa shape index (κ3) is 1.38. The van der Waals surface area contributed by atoms with E-state index in [2.05, 4.69) is 37.2 Å². The Morgan fingerprint density at radius 2 is 2.31 bits per heavy atom. The van der Waals surface area contributed by atoms with E-state index in [0.29, 0.717) is 0 Å². The molecule has 0 amide bonds. The molecular formula is C10H12N6. The predicted molar refractivity (Wildman–Crippen MR) is 57.5 cm³/mol. The van der Waals surface area contributed by atoms with Crippen LogP contribution >= 0.6 is 0 Å². The summed E-state index contributed by atoms with van der Waals surface area (Å²) in [5, 5.41) is 19.4. The average Bonchev–Trinajstić information content (AvgIpc) is 2.75. The van der Waals surface area contributed by atoms with E-state index in [1.54, 1.807) is 12.4 Å². The van der Waals surface area contributed by atoms with Gasteiger partial charge in [0.2, 0.25) is 0 Å². The molecule has 0 fully saturated rings. The molecule has 0 spiro atoms. The Bertz CT molecular complexity index is 491. The van der Waals surface area contributed by atoms with Gasteiger partial charge in [0.1, 0.15) is 5.82 Å². The van der Waals surface area contributed by atoms with Crippen LogP contribution in [-0.2, 0) is 6.54 Å². The molecule has 6 nitrogen and oxygen atoms in total. The quantitative estimate of drug-likeness (QED) is 0.747. The highest BCUT2D eigenvalue weighted by atomic mass is 15.3. The fraction of sp³-hybridized carbons (Fsp3) is 0.400. The van der Waals surface area contributed by atoms with Gasteiger partial charge in [0.15, 0.2) is 5.82 Å². The number of nitrogens with one attached hydrogen (secondary N) is 1. The molecule has 16 heavy (non-hydrogen) atoms. The van der Waals surface area contributed by atoms with Gasteiger partial charge in [0.05, 0.1) is 18.4 Å². The van der Waals surface area contributed by atoms with Gasteiger partial charge in [-0.3, -0.25) is 0 Å². The van der Waals surface area contributed by atoms with Gasteiger partial charge in [-0.05, 0) is 13.0 Å². The highest BCUT2D eigenvalue weighted by Crippen LogP contribution is 2.22. The molecule has 1 atom stereocenters. The van der Waals surface area contributed by atoms with Crippen LogP contribution in [0.5, 0.6) is 0 Å².